The van der Waals surface area contributed by atoms with Crippen molar-refractivity contribution in [3.8, 4) is 0 Å². The highest BCUT2D eigenvalue weighted by molar-refractivity contribution is 6.30. The van der Waals surface area contributed by atoms with Gasteiger partial charge in [-0.2, -0.15) is 0 Å². The lowest BCUT2D eigenvalue weighted by Gasteiger charge is -2.36. The van der Waals surface area contributed by atoms with Crippen LogP contribution in [0, 0.1) is 0 Å². The van der Waals surface area contributed by atoms with E-state index in [0.717, 1.165) is 36.4 Å². The number of aliphatic hydroxyl groups is 1. The maximum absolute atomic E-state index is 13.4. The molecule has 5 heteroatoms. The minimum atomic E-state index is -0.503. The summed E-state index contributed by atoms with van der Waals surface area (Å²) >= 11 is 5.99. The molecule has 2 aliphatic heterocycles. The average Bonchev–Trinajstić information content (AvgIpc) is 3.11. The van der Waals surface area contributed by atoms with Gasteiger partial charge in [0.25, 0.3) is 0 Å². The quantitative estimate of drug-likeness (QED) is 0.897. The van der Waals surface area contributed by atoms with Crippen LogP contribution >= 0.6 is 11.6 Å². The maximum atomic E-state index is 13.4. The van der Waals surface area contributed by atoms with Crippen molar-refractivity contribution in [3.05, 3.63) is 34.9 Å². The third kappa shape index (κ3) is 3.20. The van der Waals surface area contributed by atoms with Crippen LogP contribution in [0.15, 0.2) is 24.3 Å². The molecular weight excluding hydrogens is 336 g/mol. The van der Waals surface area contributed by atoms with Crippen molar-refractivity contribution in [2.24, 2.45) is 0 Å². The van der Waals surface area contributed by atoms with E-state index in [1.165, 1.54) is 19.3 Å². The largest absolute Gasteiger partial charge is 0.392 e. The minimum absolute atomic E-state index is 0.255. The molecule has 0 aromatic heterocycles. The van der Waals surface area contributed by atoms with Crippen LogP contribution in [0.5, 0.6) is 0 Å². The zero-order valence-corrected chi connectivity index (χ0v) is 15.4. The molecule has 1 aromatic carbocycles. The Kier molecular flexibility index (Phi) is 4.78. The lowest BCUT2D eigenvalue weighted by Crippen LogP contribution is -2.51. The second-order valence-corrected chi connectivity index (χ2v) is 8.37. The highest BCUT2D eigenvalue weighted by atomic mass is 35.5. The van der Waals surface area contributed by atoms with Crippen LogP contribution in [0.2, 0.25) is 5.02 Å². The highest BCUT2D eigenvalue weighted by Crippen LogP contribution is 2.42. The van der Waals surface area contributed by atoms with E-state index < -0.39 is 11.6 Å². The zero-order chi connectivity index (χ0) is 17.4. The summed E-state index contributed by atoms with van der Waals surface area (Å²) < 4.78 is 0. The smallest absolute Gasteiger partial charge is 0.243 e. The van der Waals surface area contributed by atoms with E-state index >= 15 is 0 Å². The number of nitrogens with zero attached hydrogens (tertiary/aromatic N) is 2. The van der Waals surface area contributed by atoms with Crippen LogP contribution in [-0.4, -0.2) is 51.6 Å². The van der Waals surface area contributed by atoms with Crippen molar-refractivity contribution in [1.82, 2.24) is 9.80 Å². The van der Waals surface area contributed by atoms with Gasteiger partial charge in [0.15, 0.2) is 0 Å². The van der Waals surface area contributed by atoms with Crippen LogP contribution in [0.1, 0.15) is 50.5 Å². The maximum Gasteiger partial charge on any atom is 0.243 e. The Bertz CT molecular complexity index is 629. The van der Waals surface area contributed by atoms with Crippen molar-refractivity contribution >= 4 is 17.5 Å². The third-order valence-corrected chi connectivity index (χ3v) is 6.59. The number of halogens is 1. The fraction of sp³-hybridized carbons (Fsp3) is 0.650. The number of carbonyl (C=O) groups excluding carboxylic acids is 1. The van der Waals surface area contributed by atoms with Crippen LogP contribution in [0.3, 0.4) is 0 Å². The Morgan fingerprint density at radius 2 is 1.88 bits per heavy atom. The van der Waals surface area contributed by atoms with Gasteiger partial charge in [0.1, 0.15) is 5.54 Å². The van der Waals surface area contributed by atoms with E-state index in [-0.39, 0.29) is 5.91 Å². The van der Waals surface area contributed by atoms with Gasteiger partial charge in [-0.3, -0.25) is 9.69 Å². The van der Waals surface area contributed by atoms with Crippen molar-refractivity contribution in [3.63, 3.8) is 0 Å². The summed E-state index contributed by atoms with van der Waals surface area (Å²) in [5.74, 6) is 0.255. The molecule has 4 rings (SSSR count). The highest BCUT2D eigenvalue weighted by Gasteiger charge is 2.56. The standard InChI is InChI=1S/C20H27ClN2O2/c21-16-8-6-15(7-9-16)13-22-14-18(24)12-20(22)10-11-23(19(20)25)17-4-2-1-3-5-17/h6-9,17-18,24H,1-5,10-14H2/t18-,20+/m0/s1. The molecule has 0 bridgehead atoms. The van der Waals surface area contributed by atoms with Crippen molar-refractivity contribution in [1.29, 1.82) is 0 Å². The van der Waals surface area contributed by atoms with Gasteiger partial charge in [0.2, 0.25) is 5.91 Å². The van der Waals surface area contributed by atoms with Gasteiger partial charge < -0.3 is 10.0 Å². The first kappa shape index (κ1) is 17.3. The number of amides is 1. The van der Waals surface area contributed by atoms with Gasteiger partial charge in [-0.15, -0.1) is 0 Å². The Labute approximate surface area is 154 Å². The number of aliphatic hydroxyl groups excluding tert-OH is 1. The Morgan fingerprint density at radius 1 is 1.16 bits per heavy atom. The summed E-state index contributed by atoms with van der Waals surface area (Å²) in [6.45, 7) is 2.11. The normalized spacial score (nSPS) is 31.4. The van der Waals surface area contributed by atoms with Gasteiger partial charge >= 0.3 is 0 Å². The SMILES string of the molecule is O=C1N(C2CCCCC2)CC[C@@]12C[C@H](O)CN2Cc1ccc(Cl)cc1. The fourth-order valence-electron chi connectivity index (χ4n) is 5.04. The zero-order valence-electron chi connectivity index (χ0n) is 14.7. The first-order chi connectivity index (χ1) is 12.1. The summed E-state index contributed by atoms with van der Waals surface area (Å²) in [6.07, 6.45) is 7.04. The lowest BCUT2D eigenvalue weighted by atomic mass is 9.92. The Hall–Kier alpha value is -1.10. The molecule has 1 spiro atoms. The van der Waals surface area contributed by atoms with Gasteiger partial charge in [0, 0.05) is 37.1 Å². The number of benzene rings is 1. The third-order valence-electron chi connectivity index (χ3n) is 6.34. The Balaban J connectivity index is 1.53. The molecule has 1 amide bonds. The first-order valence-electron chi connectivity index (χ1n) is 9.57. The van der Waals surface area contributed by atoms with Crippen molar-refractivity contribution < 1.29 is 9.90 Å². The van der Waals surface area contributed by atoms with E-state index in [1.807, 2.05) is 24.3 Å². The number of rotatable bonds is 3. The number of β-amino-alcohol motifs (C(OH)–C–C–N with tert-alkyl or cyclic N) is 1. The number of hydrogen-bond donors (Lipinski definition) is 1. The molecule has 1 aliphatic carbocycles. The van der Waals surface area contributed by atoms with Crippen molar-refractivity contribution in [2.75, 3.05) is 13.1 Å². The van der Waals surface area contributed by atoms with Gasteiger partial charge in [-0.25, -0.2) is 0 Å². The number of carbonyl (C=O) groups is 1. The molecule has 0 radical (unpaired) electrons. The molecule has 3 fully saturated rings. The molecule has 1 aromatic rings. The minimum Gasteiger partial charge on any atom is -0.392 e. The van der Waals surface area contributed by atoms with E-state index in [1.54, 1.807) is 0 Å². The predicted octanol–water partition coefficient (Wildman–Crippen LogP) is 3.21. The average molecular weight is 363 g/mol. The summed E-state index contributed by atoms with van der Waals surface area (Å²) in [7, 11) is 0. The van der Waals surface area contributed by atoms with Crippen molar-refractivity contribution in [2.45, 2.75) is 69.2 Å². The molecule has 2 saturated heterocycles. The summed E-state index contributed by atoms with van der Waals surface area (Å²) in [5.41, 5.74) is 0.637. The second kappa shape index (κ2) is 6.90. The molecule has 0 unspecified atom stereocenters. The monoisotopic (exact) mass is 362 g/mol. The van der Waals surface area contributed by atoms with Gasteiger partial charge in [-0.05, 0) is 37.0 Å². The summed E-state index contributed by atoms with van der Waals surface area (Å²) in [5, 5.41) is 11.1. The summed E-state index contributed by atoms with van der Waals surface area (Å²) in [4.78, 5) is 17.7. The molecule has 2 atom stereocenters. The molecule has 1 saturated carbocycles. The Morgan fingerprint density at radius 3 is 2.60 bits per heavy atom. The fourth-order valence-corrected chi connectivity index (χ4v) is 5.17. The van der Waals surface area contributed by atoms with E-state index in [0.29, 0.717) is 25.6 Å². The molecule has 136 valence electrons. The number of likely N-dealkylation sites (tertiary alicyclic amines) is 2. The molecule has 3 aliphatic rings. The van der Waals surface area contributed by atoms with E-state index in [9.17, 15) is 9.90 Å². The topological polar surface area (TPSA) is 43.8 Å². The van der Waals surface area contributed by atoms with Crippen LogP contribution in [0.25, 0.3) is 0 Å². The van der Waals surface area contributed by atoms with Crippen LogP contribution in [0.4, 0.5) is 0 Å². The molecule has 2 heterocycles. The predicted molar refractivity (Wildman–Crippen MR) is 98.4 cm³/mol. The molecular formula is C20H27ClN2O2. The first-order valence-corrected chi connectivity index (χ1v) is 9.95. The molecule has 1 N–H and O–H groups in total. The van der Waals surface area contributed by atoms with Crippen LogP contribution < -0.4 is 0 Å². The van der Waals surface area contributed by atoms with E-state index in [2.05, 4.69) is 9.80 Å². The van der Waals surface area contributed by atoms with Crippen LogP contribution in [-0.2, 0) is 11.3 Å². The molecule has 4 nitrogen and oxygen atoms in total. The summed E-state index contributed by atoms with van der Waals surface area (Å²) in [6, 6.07) is 8.22. The van der Waals surface area contributed by atoms with E-state index in [4.69, 9.17) is 11.6 Å². The van der Waals surface area contributed by atoms with Gasteiger partial charge in [0.05, 0.1) is 6.10 Å². The molecule has 25 heavy (non-hydrogen) atoms. The second-order valence-electron chi connectivity index (χ2n) is 7.94. The lowest BCUT2D eigenvalue weighted by molar-refractivity contribution is -0.139. The number of hydrogen-bond acceptors (Lipinski definition) is 3. The van der Waals surface area contributed by atoms with Gasteiger partial charge in [-0.1, -0.05) is 43.0 Å².